The molecule has 4 nitrogen and oxygen atoms in total. The van der Waals surface area contributed by atoms with E-state index in [-0.39, 0.29) is 5.91 Å². The molecule has 0 saturated carbocycles. The first-order valence-electron chi connectivity index (χ1n) is 7.44. The lowest BCUT2D eigenvalue weighted by Crippen LogP contribution is -2.36. The number of carbonyl (C=O) groups is 1. The Morgan fingerprint density at radius 3 is 2.90 bits per heavy atom. The molecule has 0 spiro atoms. The third-order valence-corrected chi connectivity index (χ3v) is 3.05. The van der Waals surface area contributed by atoms with Crippen molar-refractivity contribution in [1.82, 2.24) is 10.6 Å². The highest BCUT2D eigenvalue weighted by molar-refractivity contribution is 5.80. The summed E-state index contributed by atoms with van der Waals surface area (Å²) in [4.78, 5) is 11.8. The summed E-state index contributed by atoms with van der Waals surface area (Å²) in [5.41, 5.74) is 2.26. The van der Waals surface area contributed by atoms with Crippen LogP contribution in [0.15, 0.2) is 30.9 Å². The highest BCUT2D eigenvalue weighted by atomic mass is 16.5. The Labute approximate surface area is 127 Å². The summed E-state index contributed by atoms with van der Waals surface area (Å²) in [7, 11) is 0. The van der Waals surface area contributed by atoms with E-state index < -0.39 is 6.10 Å². The van der Waals surface area contributed by atoms with Crippen LogP contribution in [0.1, 0.15) is 31.4 Å². The summed E-state index contributed by atoms with van der Waals surface area (Å²) in [6.45, 7) is 11.7. The van der Waals surface area contributed by atoms with Crippen molar-refractivity contribution < 1.29 is 9.53 Å². The first-order chi connectivity index (χ1) is 10.1. The van der Waals surface area contributed by atoms with Crippen LogP contribution >= 0.6 is 0 Å². The molecule has 116 valence electrons. The largest absolute Gasteiger partial charge is 0.481 e. The third kappa shape index (κ3) is 6.00. The zero-order valence-corrected chi connectivity index (χ0v) is 13.2. The lowest BCUT2D eigenvalue weighted by molar-refractivity contribution is -0.127. The Morgan fingerprint density at radius 2 is 2.24 bits per heavy atom. The van der Waals surface area contributed by atoms with Gasteiger partial charge in [-0.2, -0.15) is 0 Å². The van der Waals surface area contributed by atoms with Gasteiger partial charge in [0.15, 0.2) is 6.10 Å². The van der Waals surface area contributed by atoms with Gasteiger partial charge in [0.1, 0.15) is 5.75 Å². The van der Waals surface area contributed by atoms with Crippen molar-refractivity contribution in [3.63, 3.8) is 0 Å². The number of aryl methyl sites for hydroxylation is 1. The number of benzene rings is 1. The van der Waals surface area contributed by atoms with Gasteiger partial charge in [0.2, 0.25) is 0 Å². The second-order valence-electron chi connectivity index (χ2n) is 5.08. The summed E-state index contributed by atoms with van der Waals surface area (Å²) in [6.07, 6.45) is 2.21. The summed E-state index contributed by atoms with van der Waals surface area (Å²) in [5, 5.41) is 6.10. The van der Waals surface area contributed by atoms with Crippen molar-refractivity contribution in [2.24, 2.45) is 0 Å². The lowest BCUT2D eigenvalue weighted by atomic mass is 10.1. The second kappa shape index (κ2) is 9.19. The lowest BCUT2D eigenvalue weighted by Gasteiger charge is -2.17. The molecular weight excluding hydrogens is 264 g/mol. The van der Waals surface area contributed by atoms with Crippen molar-refractivity contribution >= 4 is 5.91 Å². The molecule has 0 aliphatic heterocycles. The van der Waals surface area contributed by atoms with Gasteiger partial charge in [0.25, 0.3) is 5.91 Å². The minimum atomic E-state index is -0.530. The van der Waals surface area contributed by atoms with Crippen LogP contribution in [0.4, 0.5) is 0 Å². The van der Waals surface area contributed by atoms with Gasteiger partial charge in [-0.1, -0.05) is 30.7 Å². The number of hydrogen-bond donors (Lipinski definition) is 2. The van der Waals surface area contributed by atoms with Crippen molar-refractivity contribution in [2.75, 3.05) is 13.1 Å². The predicted octanol–water partition coefficient (Wildman–Crippen LogP) is 2.56. The number of ether oxygens (including phenoxy) is 1. The number of amides is 1. The van der Waals surface area contributed by atoms with Gasteiger partial charge in [-0.25, -0.2) is 0 Å². The topological polar surface area (TPSA) is 50.4 Å². The Morgan fingerprint density at radius 1 is 1.48 bits per heavy atom. The van der Waals surface area contributed by atoms with Gasteiger partial charge in [-0.3, -0.25) is 4.79 Å². The standard InChI is InChI=1S/C17H26N2O2/c1-5-9-18-12-15-11-13(3)7-8-16(15)21-14(4)17(20)19-10-6-2/h6-8,11,14,18H,2,5,9-10,12H2,1,3-4H3,(H,19,20). The molecular formula is C17H26N2O2. The fraction of sp³-hybridized carbons (Fsp3) is 0.471. The van der Waals surface area contributed by atoms with Crippen molar-refractivity contribution in [2.45, 2.75) is 39.8 Å². The van der Waals surface area contributed by atoms with E-state index in [1.807, 2.05) is 19.1 Å². The third-order valence-electron chi connectivity index (χ3n) is 3.05. The van der Waals surface area contributed by atoms with Gasteiger partial charge in [-0.05, 0) is 32.9 Å². The Balaban J connectivity index is 2.72. The molecule has 1 aromatic carbocycles. The van der Waals surface area contributed by atoms with Gasteiger partial charge < -0.3 is 15.4 Å². The van der Waals surface area contributed by atoms with E-state index in [0.29, 0.717) is 6.54 Å². The molecule has 1 atom stereocenters. The van der Waals surface area contributed by atoms with Crippen molar-refractivity contribution in [3.8, 4) is 5.75 Å². The smallest absolute Gasteiger partial charge is 0.261 e. The van der Waals surface area contributed by atoms with Crippen LogP contribution in [0.2, 0.25) is 0 Å². The Hall–Kier alpha value is -1.81. The number of hydrogen-bond acceptors (Lipinski definition) is 3. The first-order valence-corrected chi connectivity index (χ1v) is 7.44. The molecule has 0 fully saturated rings. The molecule has 1 rings (SSSR count). The van der Waals surface area contributed by atoms with Crippen LogP contribution < -0.4 is 15.4 Å². The number of carbonyl (C=O) groups excluding carboxylic acids is 1. The molecule has 1 unspecified atom stereocenters. The summed E-state index contributed by atoms with van der Waals surface area (Å²) in [5.74, 6) is 0.619. The average molecular weight is 290 g/mol. The molecule has 0 radical (unpaired) electrons. The van der Waals surface area contributed by atoms with E-state index in [1.54, 1.807) is 13.0 Å². The Bertz CT molecular complexity index is 472. The highest BCUT2D eigenvalue weighted by Crippen LogP contribution is 2.21. The monoisotopic (exact) mass is 290 g/mol. The van der Waals surface area contributed by atoms with E-state index in [0.717, 1.165) is 30.8 Å². The van der Waals surface area contributed by atoms with Crippen LogP contribution in [0, 0.1) is 6.92 Å². The highest BCUT2D eigenvalue weighted by Gasteiger charge is 2.15. The van der Waals surface area contributed by atoms with Crippen LogP contribution in [-0.2, 0) is 11.3 Å². The normalized spacial score (nSPS) is 11.8. The zero-order chi connectivity index (χ0) is 15.7. The maximum Gasteiger partial charge on any atom is 0.261 e. The van der Waals surface area contributed by atoms with E-state index in [4.69, 9.17) is 4.74 Å². The van der Waals surface area contributed by atoms with Gasteiger partial charge in [0, 0.05) is 18.7 Å². The van der Waals surface area contributed by atoms with Gasteiger partial charge in [-0.15, -0.1) is 6.58 Å². The molecule has 4 heteroatoms. The number of rotatable bonds is 9. The molecule has 0 heterocycles. The van der Waals surface area contributed by atoms with Crippen LogP contribution in [0.5, 0.6) is 5.75 Å². The average Bonchev–Trinajstić information content (AvgIpc) is 2.47. The maximum atomic E-state index is 11.8. The summed E-state index contributed by atoms with van der Waals surface area (Å²) in [6, 6.07) is 6.01. The molecule has 2 N–H and O–H groups in total. The van der Waals surface area contributed by atoms with Crippen molar-refractivity contribution in [1.29, 1.82) is 0 Å². The molecule has 21 heavy (non-hydrogen) atoms. The first kappa shape index (κ1) is 17.2. The predicted molar refractivity (Wildman–Crippen MR) is 86.5 cm³/mol. The number of nitrogens with one attached hydrogen (secondary N) is 2. The maximum absolute atomic E-state index is 11.8. The van der Waals surface area contributed by atoms with E-state index in [9.17, 15) is 4.79 Å². The fourth-order valence-corrected chi connectivity index (χ4v) is 1.92. The summed E-state index contributed by atoms with van der Waals surface area (Å²) >= 11 is 0. The van der Waals surface area contributed by atoms with Crippen LogP contribution in [0.3, 0.4) is 0 Å². The van der Waals surface area contributed by atoms with Crippen molar-refractivity contribution in [3.05, 3.63) is 42.0 Å². The molecule has 0 aliphatic carbocycles. The van der Waals surface area contributed by atoms with Gasteiger partial charge in [0.05, 0.1) is 0 Å². The second-order valence-corrected chi connectivity index (χ2v) is 5.08. The molecule has 0 aliphatic rings. The van der Waals surface area contributed by atoms with E-state index in [1.165, 1.54) is 5.56 Å². The van der Waals surface area contributed by atoms with E-state index >= 15 is 0 Å². The molecule has 1 aromatic rings. The molecule has 0 saturated heterocycles. The Kier molecular flexibility index (Phi) is 7.54. The van der Waals surface area contributed by atoms with Crippen LogP contribution in [-0.4, -0.2) is 25.1 Å². The van der Waals surface area contributed by atoms with Gasteiger partial charge >= 0.3 is 0 Å². The van der Waals surface area contributed by atoms with Crippen LogP contribution in [0.25, 0.3) is 0 Å². The minimum absolute atomic E-state index is 0.136. The fourth-order valence-electron chi connectivity index (χ4n) is 1.92. The SMILES string of the molecule is C=CCNC(=O)C(C)Oc1ccc(C)cc1CNCCC. The van der Waals surface area contributed by atoms with E-state index in [2.05, 4.69) is 30.2 Å². The minimum Gasteiger partial charge on any atom is -0.481 e. The summed E-state index contributed by atoms with van der Waals surface area (Å²) < 4.78 is 5.80. The zero-order valence-electron chi connectivity index (χ0n) is 13.2. The quantitative estimate of drug-likeness (QED) is 0.543. The molecule has 0 bridgehead atoms. The molecule has 0 aromatic heterocycles. The molecule has 1 amide bonds.